The number of furan rings is 1. The molecule has 10 heteroatoms. The van der Waals surface area contributed by atoms with Gasteiger partial charge in [-0.15, -0.1) is 11.3 Å². The highest BCUT2D eigenvalue weighted by Crippen LogP contribution is 2.34. The Kier molecular flexibility index (Phi) is 6.83. The molecule has 3 aromatic rings. The number of aromatic nitrogens is 1. The lowest BCUT2D eigenvalue weighted by atomic mass is 10.00. The van der Waals surface area contributed by atoms with Crippen molar-refractivity contribution in [2.45, 2.75) is 4.90 Å². The predicted molar refractivity (Wildman–Crippen MR) is 131 cm³/mol. The van der Waals surface area contributed by atoms with Gasteiger partial charge in [0, 0.05) is 58.3 Å². The van der Waals surface area contributed by atoms with Crippen LogP contribution in [0.1, 0.15) is 11.1 Å². The van der Waals surface area contributed by atoms with Gasteiger partial charge in [-0.2, -0.15) is 5.26 Å². The van der Waals surface area contributed by atoms with Gasteiger partial charge in [0.25, 0.3) is 0 Å². The Labute approximate surface area is 199 Å². The van der Waals surface area contributed by atoms with E-state index >= 15 is 0 Å². The van der Waals surface area contributed by atoms with Gasteiger partial charge in [0.05, 0.1) is 24.6 Å². The largest absolute Gasteiger partial charge is 0.472 e. The SMILES string of the molecule is CN1CC(Oc2ccc(SNc3nccs3)cc2C#N)=C(c2ccoc2)C=C1/C(C=N)=C/N. The maximum absolute atomic E-state index is 9.74. The number of nitrogens with one attached hydrogen (secondary N) is 2. The summed E-state index contributed by atoms with van der Waals surface area (Å²) in [6.45, 7) is 0.421. The van der Waals surface area contributed by atoms with E-state index in [0.717, 1.165) is 26.9 Å². The predicted octanol–water partition coefficient (Wildman–Crippen LogP) is 4.84. The summed E-state index contributed by atoms with van der Waals surface area (Å²) in [6, 6.07) is 9.50. The van der Waals surface area contributed by atoms with Crippen LogP contribution in [-0.4, -0.2) is 29.7 Å². The molecule has 0 saturated carbocycles. The fourth-order valence-corrected chi connectivity index (χ4v) is 4.49. The van der Waals surface area contributed by atoms with Crippen molar-refractivity contribution in [2.24, 2.45) is 5.73 Å². The molecule has 0 unspecified atom stereocenters. The Bertz CT molecular complexity index is 1270. The summed E-state index contributed by atoms with van der Waals surface area (Å²) < 4.78 is 14.7. The third kappa shape index (κ3) is 4.95. The molecule has 0 saturated heterocycles. The number of thiazole rings is 1. The highest BCUT2D eigenvalue weighted by Gasteiger charge is 2.23. The van der Waals surface area contributed by atoms with Gasteiger partial charge in [-0.25, -0.2) is 4.98 Å². The number of nitrogens with zero attached hydrogens (tertiary/aromatic N) is 3. The topological polar surface area (TPSA) is 124 Å². The first kappa shape index (κ1) is 22.3. The van der Waals surface area contributed by atoms with Crippen LogP contribution in [0.3, 0.4) is 0 Å². The number of nitrogens with two attached hydrogens (primary N) is 1. The van der Waals surface area contributed by atoms with Gasteiger partial charge in [-0.1, -0.05) is 0 Å². The lowest BCUT2D eigenvalue weighted by molar-refractivity contribution is 0.341. The van der Waals surface area contributed by atoms with Crippen molar-refractivity contribution in [3.8, 4) is 11.8 Å². The van der Waals surface area contributed by atoms with E-state index in [4.69, 9.17) is 20.3 Å². The summed E-state index contributed by atoms with van der Waals surface area (Å²) >= 11 is 2.88. The molecule has 0 atom stereocenters. The van der Waals surface area contributed by atoms with Gasteiger partial charge in [0.2, 0.25) is 0 Å². The third-order valence-electron chi connectivity index (χ3n) is 4.83. The van der Waals surface area contributed by atoms with Crippen LogP contribution < -0.4 is 15.2 Å². The van der Waals surface area contributed by atoms with Crippen LogP contribution in [-0.2, 0) is 0 Å². The molecule has 1 aliphatic heterocycles. The van der Waals surface area contributed by atoms with Gasteiger partial charge in [0.15, 0.2) is 5.13 Å². The monoisotopic (exact) mass is 476 g/mol. The molecule has 1 aliphatic rings. The van der Waals surface area contributed by atoms with E-state index in [2.05, 4.69) is 15.8 Å². The molecule has 33 heavy (non-hydrogen) atoms. The molecule has 166 valence electrons. The highest BCUT2D eigenvalue weighted by molar-refractivity contribution is 8.00. The van der Waals surface area contributed by atoms with Crippen LogP contribution in [0.5, 0.6) is 5.75 Å². The highest BCUT2D eigenvalue weighted by atomic mass is 32.2. The van der Waals surface area contributed by atoms with Gasteiger partial charge in [-0.3, -0.25) is 0 Å². The minimum atomic E-state index is 0.416. The average molecular weight is 477 g/mol. The molecule has 4 rings (SSSR count). The molecule has 0 aliphatic carbocycles. The second kappa shape index (κ2) is 10.1. The number of likely N-dealkylation sites (N-methyl/N-ethyl adjacent to an activating group) is 1. The molecule has 8 nitrogen and oxygen atoms in total. The Morgan fingerprint density at radius 1 is 1.45 bits per heavy atom. The molecule has 0 bridgehead atoms. The quantitative estimate of drug-likeness (QED) is 0.312. The Balaban J connectivity index is 1.66. The van der Waals surface area contributed by atoms with E-state index in [0.29, 0.717) is 29.2 Å². The second-order valence-corrected chi connectivity index (χ2v) is 8.69. The number of nitriles is 1. The number of hydrogen-bond donors (Lipinski definition) is 3. The molecule has 4 N–H and O–H groups in total. The maximum Gasteiger partial charge on any atom is 0.192 e. The summed E-state index contributed by atoms with van der Waals surface area (Å²) in [5.74, 6) is 1.11. The maximum atomic E-state index is 9.74. The zero-order valence-corrected chi connectivity index (χ0v) is 19.2. The number of rotatable bonds is 8. The molecule has 0 fully saturated rings. The first-order chi connectivity index (χ1) is 16.1. The standard InChI is InChI=1S/C23H20N6O2S2/c1-29-13-22(19(15-4-6-30-14-15)9-20(29)17(11-25)12-26)31-21-3-2-18(8-16(21)10-24)33-28-23-27-5-7-32-23/h2-9,11-12,14,25H,13,26H2,1H3,(H,27,28)/b17-12+,25-11?. The molecule has 0 radical (unpaired) electrons. The summed E-state index contributed by atoms with van der Waals surface area (Å²) in [7, 11) is 1.89. The number of benzene rings is 1. The Morgan fingerprint density at radius 2 is 2.33 bits per heavy atom. The zero-order valence-electron chi connectivity index (χ0n) is 17.6. The van der Waals surface area contributed by atoms with Crippen LogP contribution >= 0.6 is 23.3 Å². The minimum absolute atomic E-state index is 0.416. The van der Waals surface area contributed by atoms with Crippen molar-refractivity contribution in [1.82, 2.24) is 9.88 Å². The van der Waals surface area contributed by atoms with Crippen LogP contribution in [0, 0.1) is 16.7 Å². The van der Waals surface area contributed by atoms with E-state index in [1.165, 1.54) is 35.7 Å². The normalized spacial score (nSPS) is 14.0. The van der Waals surface area contributed by atoms with Crippen molar-refractivity contribution in [1.29, 1.82) is 10.7 Å². The minimum Gasteiger partial charge on any atom is -0.472 e. The zero-order chi connectivity index (χ0) is 23.2. The fraction of sp³-hybridized carbons (Fsp3) is 0.0870. The molecule has 1 aromatic carbocycles. The van der Waals surface area contributed by atoms with Crippen LogP contribution in [0.4, 0.5) is 5.13 Å². The first-order valence-corrected chi connectivity index (χ1v) is 11.5. The summed E-state index contributed by atoms with van der Waals surface area (Å²) in [4.78, 5) is 6.99. The summed E-state index contributed by atoms with van der Waals surface area (Å²) in [6.07, 6.45) is 9.46. The molecular weight excluding hydrogens is 456 g/mol. The number of allylic oxidation sites excluding steroid dienone is 3. The first-order valence-electron chi connectivity index (χ1n) is 9.78. The molecule has 2 aromatic heterocycles. The molecule has 3 heterocycles. The van der Waals surface area contributed by atoms with E-state index in [-0.39, 0.29) is 0 Å². The van der Waals surface area contributed by atoms with Crippen LogP contribution in [0.25, 0.3) is 5.57 Å². The van der Waals surface area contributed by atoms with Gasteiger partial charge in [0.1, 0.15) is 17.6 Å². The van der Waals surface area contributed by atoms with Gasteiger partial charge < -0.3 is 29.9 Å². The van der Waals surface area contributed by atoms with Gasteiger partial charge in [-0.05, 0) is 42.3 Å². The van der Waals surface area contributed by atoms with Crippen molar-refractivity contribution in [3.05, 3.63) is 88.8 Å². The Hall–Kier alpha value is -3.94. The van der Waals surface area contributed by atoms with Crippen molar-refractivity contribution in [2.75, 3.05) is 18.3 Å². The van der Waals surface area contributed by atoms with E-state index in [9.17, 15) is 5.26 Å². The summed E-state index contributed by atoms with van der Waals surface area (Å²) in [5.41, 5.74) is 9.13. The lowest BCUT2D eigenvalue weighted by Gasteiger charge is -2.30. The molecule has 0 spiro atoms. The van der Waals surface area contributed by atoms with Crippen molar-refractivity contribution >= 4 is 40.2 Å². The van der Waals surface area contributed by atoms with Gasteiger partial charge >= 0.3 is 0 Å². The van der Waals surface area contributed by atoms with Crippen LogP contribution in [0.2, 0.25) is 0 Å². The number of anilines is 1. The van der Waals surface area contributed by atoms with Crippen molar-refractivity contribution < 1.29 is 9.15 Å². The Morgan fingerprint density at radius 3 is 3.00 bits per heavy atom. The fourth-order valence-electron chi connectivity index (χ4n) is 3.23. The average Bonchev–Trinajstić information content (AvgIpc) is 3.55. The summed E-state index contributed by atoms with van der Waals surface area (Å²) in [5, 5.41) is 20.1. The molecular formula is C23H20N6O2S2. The van der Waals surface area contributed by atoms with E-state index in [1.807, 2.05) is 35.5 Å². The third-order valence-corrected chi connectivity index (χ3v) is 6.43. The smallest absolute Gasteiger partial charge is 0.192 e. The van der Waals surface area contributed by atoms with Crippen LogP contribution in [0.15, 0.2) is 87.0 Å². The number of ether oxygens (including phenoxy) is 1. The second-order valence-electron chi connectivity index (χ2n) is 6.91. The lowest BCUT2D eigenvalue weighted by Crippen LogP contribution is -2.28. The van der Waals surface area contributed by atoms with Crippen molar-refractivity contribution in [3.63, 3.8) is 0 Å². The number of hydrogen-bond acceptors (Lipinski definition) is 10. The van der Waals surface area contributed by atoms with E-state index in [1.54, 1.807) is 30.9 Å². The molecule has 0 amide bonds. The van der Waals surface area contributed by atoms with E-state index < -0.39 is 0 Å².